The molecule has 0 saturated heterocycles. The molecule has 1 rings (SSSR count). The second-order valence-electron chi connectivity index (χ2n) is 2.91. The summed E-state index contributed by atoms with van der Waals surface area (Å²) in [5.74, 6) is 0. The van der Waals surface area contributed by atoms with Gasteiger partial charge in [-0.05, 0) is 19.3 Å². The lowest BCUT2D eigenvalue weighted by Gasteiger charge is -2.07. The first-order chi connectivity index (χ1) is 5.83. The van der Waals surface area contributed by atoms with Crippen LogP contribution in [0.2, 0.25) is 0 Å². The molecule has 0 bridgehead atoms. The molecule has 68 valence electrons. The third-order valence-corrected chi connectivity index (χ3v) is 3.04. The van der Waals surface area contributed by atoms with E-state index in [1.165, 1.54) is 31.0 Å². The first-order valence-corrected chi connectivity index (χ1v) is 5.26. The van der Waals surface area contributed by atoms with Crippen molar-refractivity contribution in [1.82, 2.24) is 5.32 Å². The largest absolute Gasteiger partial charge is 0.350 e. The van der Waals surface area contributed by atoms with Crippen LogP contribution in [0.4, 0.5) is 4.79 Å². The number of thioether (sulfide) groups is 1. The standard InChI is InChI=1S/C9H15NOS/c1-10-9(11)12-8-6-4-2-3-5-7-8/h4,6,8H,2-3,5,7H2,1H3,(H,10,11)/t8-/m1/s1. The first kappa shape index (κ1) is 9.65. The minimum Gasteiger partial charge on any atom is -0.350 e. The number of hydrogen-bond acceptors (Lipinski definition) is 2. The predicted octanol–water partition coefficient (Wildman–Crippen LogP) is 2.56. The van der Waals surface area contributed by atoms with E-state index in [0.717, 1.165) is 6.42 Å². The molecule has 0 spiro atoms. The Kier molecular flexibility index (Phi) is 4.22. The summed E-state index contributed by atoms with van der Waals surface area (Å²) in [6.07, 6.45) is 9.16. The molecule has 2 nitrogen and oxygen atoms in total. The zero-order chi connectivity index (χ0) is 8.81. The van der Waals surface area contributed by atoms with Gasteiger partial charge in [0.1, 0.15) is 0 Å². The van der Waals surface area contributed by atoms with Gasteiger partial charge in [-0.1, -0.05) is 30.3 Å². The SMILES string of the molecule is CNC(=O)S[C@@H]1C=CCCCC1. The Bertz CT molecular complexity index is 179. The highest BCUT2D eigenvalue weighted by Crippen LogP contribution is 2.22. The molecule has 0 unspecified atom stereocenters. The van der Waals surface area contributed by atoms with Gasteiger partial charge < -0.3 is 5.32 Å². The van der Waals surface area contributed by atoms with Gasteiger partial charge in [0.05, 0.1) is 0 Å². The third-order valence-electron chi connectivity index (χ3n) is 1.92. The van der Waals surface area contributed by atoms with Crippen LogP contribution in [0.3, 0.4) is 0 Å². The molecule has 12 heavy (non-hydrogen) atoms. The van der Waals surface area contributed by atoms with Crippen molar-refractivity contribution in [3.8, 4) is 0 Å². The van der Waals surface area contributed by atoms with Crippen LogP contribution in [0.5, 0.6) is 0 Å². The second-order valence-corrected chi connectivity index (χ2v) is 4.12. The lowest BCUT2D eigenvalue weighted by atomic mass is 10.2. The van der Waals surface area contributed by atoms with Crippen molar-refractivity contribution < 1.29 is 4.79 Å². The molecule has 0 aromatic carbocycles. The maximum atomic E-state index is 11.0. The smallest absolute Gasteiger partial charge is 0.279 e. The Hall–Kier alpha value is -0.440. The van der Waals surface area contributed by atoms with Crippen LogP contribution >= 0.6 is 11.8 Å². The van der Waals surface area contributed by atoms with Gasteiger partial charge in [0.15, 0.2) is 0 Å². The van der Waals surface area contributed by atoms with E-state index in [1.807, 2.05) is 0 Å². The number of nitrogens with one attached hydrogen (secondary N) is 1. The summed E-state index contributed by atoms with van der Waals surface area (Å²) >= 11 is 1.40. The molecule has 0 saturated carbocycles. The van der Waals surface area contributed by atoms with Gasteiger partial charge in [0.2, 0.25) is 0 Å². The molecule has 1 N–H and O–H groups in total. The molecule has 1 aliphatic carbocycles. The molecule has 1 aliphatic rings. The molecular weight excluding hydrogens is 170 g/mol. The number of carbonyl (C=O) groups excluding carboxylic acids is 1. The van der Waals surface area contributed by atoms with E-state index >= 15 is 0 Å². The van der Waals surface area contributed by atoms with Crippen LogP contribution in [0, 0.1) is 0 Å². The van der Waals surface area contributed by atoms with Gasteiger partial charge in [-0.15, -0.1) is 0 Å². The molecule has 0 fully saturated rings. The summed E-state index contributed by atoms with van der Waals surface area (Å²) < 4.78 is 0. The van der Waals surface area contributed by atoms with Crippen molar-refractivity contribution in [2.24, 2.45) is 0 Å². The van der Waals surface area contributed by atoms with Crippen LogP contribution in [-0.4, -0.2) is 17.5 Å². The second kappa shape index (κ2) is 5.25. The average molecular weight is 185 g/mol. The maximum absolute atomic E-state index is 11.0. The van der Waals surface area contributed by atoms with Gasteiger partial charge in [-0.2, -0.15) is 0 Å². The molecule has 0 aromatic rings. The van der Waals surface area contributed by atoms with Crippen molar-refractivity contribution in [2.45, 2.75) is 30.9 Å². The maximum Gasteiger partial charge on any atom is 0.279 e. The van der Waals surface area contributed by atoms with E-state index in [0.29, 0.717) is 5.25 Å². The lowest BCUT2D eigenvalue weighted by Crippen LogP contribution is -2.15. The Morgan fingerprint density at radius 1 is 1.58 bits per heavy atom. The molecular formula is C9H15NOS. The minimum absolute atomic E-state index is 0.0755. The average Bonchev–Trinajstić information content (AvgIpc) is 2.33. The number of allylic oxidation sites excluding steroid dienone is 1. The van der Waals surface area contributed by atoms with Crippen molar-refractivity contribution in [2.75, 3.05) is 7.05 Å². The van der Waals surface area contributed by atoms with E-state index in [4.69, 9.17) is 0 Å². The van der Waals surface area contributed by atoms with Crippen LogP contribution in [0.25, 0.3) is 0 Å². The summed E-state index contributed by atoms with van der Waals surface area (Å²) in [5.41, 5.74) is 0. The van der Waals surface area contributed by atoms with E-state index in [1.54, 1.807) is 7.05 Å². The summed E-state index contributed by atoms with van der Waals surface area (Å²) in [6, 6.07) is 0. The van der Waals surface area contributed by atoms with Crippen molar-refractivity contribution >= 4 is 17.0 Å². The fraction of sp³-hybridized carbons (Fsp3) is 0.667. The molecule has 1 atom stereocenters. The van der Waals surface area contributed by atoms with Crippen LogP contribution in [0.15, 0.2) is 12.2 Å². The molecule has 0 radical (unpaired) electrons. The van der Waals surface area contributed by atoms with Crippen molar-refractivity contribution in [3.63, 3.8) is 0 Å². The predicted molar refractivity (Wildman–Crippen MR) is 53.4 cm³/mol. The number of amides is 1. The molecule has 3 heteroatoms. The Balaban J connectivity index is 2.34. The van der Waals surface area contributed by atoms with Crippen LogP contribution < -0.4 is 5.32 Å². The van der Waals surface area contributed by atoms with E-state index in [2.05, 4.69) is 17.5 Å². The molecule has 0 aromatic heterocycles. The topological polar surface area (TPSA) is 29.1 Å². The first-order valence-electron chi connectivity index (χ1n) is 4.38. The van der Waals surface area contributed by atoms with Gasteiger partial charge >= 0.3 is 0 Å². The summed E-state index contributed by atoms with van der Waals surface area (Å²) in [5, 5.41) is 3.09. The van der Waals surface area contributed by atoms with Gasteiger partial charge in [-0.3, -0.25) is 4.79 Å². The molecule has 0 aliphatic heterocycles. The zero-order valence-electron chi connectivity index (χ0n) is 7.38. The van der Waals surface area contributed by atoms with Crippen molar-refractivity contribution in [3.05, 3.63) is 12.2 Å². The normalized spacial score (nSPS) is 23.2. The Morgan fingerprint density at radius 3 is 3.17 bits per heavy atom. The lowest BCUT2D eigenvalue weighted by molar-refractivity contribution is 0.262. The summed E-state index contributed by atoms with van der Waals surface area (Å²) in [6.45, 7) is 0. The Labute approximate surface area is 77.8 Å². The van der Waals surface area contributed by atoms with Gasteiger partial charge in [0, 0.05) is 12.3 Å². The summed E-state index contributed by atoms with van der Waals surface area (Å²) in [4.78, 5) is 11.0. The van der Waals surface area contributed by atoms with E-state index in [-0.39, 0.29) is 5.24 Å². The van der Waals surface area contributed by atoms with Gasteiger partial charge in [0.25, 0.3) is 5.24 Å². The van der Waals surface area contributed by atoms with Gasteiger partial charge in [-0.25, -0.2) is 0 Å². The fourth-order valence-electron chi connectivity index (χ4n) is 1.25. The highest BCUT2D eigenvalue weighted by atomic mass is 32.2. The monoisotopic (exact) mass is 185 g/mol. The van der Waals surface area contributed by atoms with E-state index in [9.17, 15) is 4.79 Å². The Morgan fingerprint density at radius 2 is 2.42 bits per heavy atom. The highest BCUT2D eigenvalue weighted by molar-refractivity contribution is 8.14. The summed E-state index contributed by atoms with van der Waals surface area (Å²) in [7, 11) is 1.68. The van der Waals surface area contributed by atoms with E-state index < -0.39 is 0 Å². The number of hydrogen-bond donors (Lipinski definition) is 1. The zero-order valence-corrected chi connectivity index (χ0v) is 8.19. The van der Waals surface area contributed by atoms with Crippen LogP contribution in [-0.2, 0) is 0 Å². The minimum atomic E-state index is 0.0755. The number of rotatable bonds is 1. The quantitative estimate of drug-likeness (QED) is 0.636. The molecule has 1 amide bonds. The highest BCUT2D eigenvalue weighted by Gasteiger charge is 2.11. The van der Waals surface area contributed by atoms with Crippen molar-refractivity contribution in [1.29, 1.82) is 0 Å². The molecule has 0 heterocycles. The number of carbonyl (C=O) groups is 1. The third kappa shape index (κ3) is 3.30. The van der Waals surface area contributed by atoms with Crippen LogP contribution in [0.1, 0.15) is 25.7 Å². The fourth-order valence-corrected chi connectivity index (χ4v) is 2.11.